The van der Waals surface area contributed by atoms with Crippen LogP contribution in [0.15, 0.2) is 72.8 Å². The highest BCUT2D eigenvalue weighted by Gasteiger charge is 2.13. The van der Waals surface area contributed by atoms with E-state index in [-0.39, 0.29) is 25.7 Å². The summed E-state index contributed by atoms with van der Waals surface area (Å²) in [6.45, 7) is 2.25. The maximum atomic E-state index is 12.5. The highest BCUT2D eigenvalue weighted by molar-refractivity contribution is 6.00. The van der Waals surface area contributed by atoms with Crippen molar-refractivity contribution in [1.82, 2.24) is 0 Å². The summed E-state index contributed by atoms with van der Waals surface area (Å²) in [5.41, 5.74) is 3.60. The Morgan fingerprint density at radius 1 is 0.944 bits per heavy atom. The normalized spacial score (nSPS) is 10.3. The molecule has 3 N–H and O–H groups in total. The van der Waals surface area contributed by atoms with Gasteiger partial charge in [-0.15, -0.1) is 0 Å². The van der Waals surface area contributed by atoms with E-state index in [0.29, 0.717) is 23.5 Å². The van der Waals surface area contributed by atoms with Gasteiger partial charge in [-0.2, -0.15) is 0 Å². The van der Waals surface area contributed by atoms with E-state index in [1.54, 1.807) is 55.6 Å². The highest BCUT2D eigenvalue weighted by atomic mass is 16.6. The number of carboxylic acid groups (broad SMARTS) is 1. The number of carboxylic acids is 1. The number of carbonyl (C=O) groups excluding carboxylic acids is 2. The summed E-state index contributed by atoms with van der Waals surface area (Å²) < 4.78 is 11.0. The van der Waals surface area contributed by atoms with Crippen molar-refractivity contribution in [2.45, 2.75) is 26.4 Å². The predicted molar refractivity (Wildman–Crippen MR) is 138 cm³/mol. The zero-order chi connectivity index (χ0) is 25.9. The molecule has 0 aliphatic rings. The molecule has 0 unspecified atom stereocenters. The molecule has 0 aromatic heterocycles. The van der Waals surface area contributed by atoms with Crippen LogP contribution in [0, 0.1) is 6.92 Å². The molecule has 0 aliphatic heterocycles. The van der Waals surface area contributed by atoms with E-state index in [1.165, 1.54) is 4.90 Å². The number of nitrogens with one attached hydrogen (secondary N) is 2. The van der Waals surface area contributed by atoms with Crippen LogP contribution in [0.25, 0.3) is 0 Å². The van der Waals surface area contributed by atoms with E-state index in [9.17, 15) is 14.4 Å². The first kappa shape index (κ1) is 26.1. The number of aryl methyl sites for hydroxylation is 1. The second kappa shape index (κ2) is 12.8. The van der Waals surface area contributed by atoms with Gasteiger partial charge in [0, 0.05) is 30.5 Å². The molecule has 0 bridgehead atoms. The van der Waals surface area contributed by atoms with Crippen LogP contribution in [-0.2, 0) is 16.1 Å². The van der Waals surface area contributed by atoms with Gasteiger partial charge in [-0.25, -0.2) is 9.59 Å². The number of carbonyl (C=O) groups is 3. The lowest BCUT2D eigenvalue weighted by Gasteiger charge is -2.18. The fraction of sp³-hybridized carbons (Fsp3) is 0.222. The van der Waals surface area contributed by atoms with Crippen LogP contribution in [0.2, 0.25) is 0 Å². The standard InChI is InChI=1S/C27H29N3O6/c1-19-7-3-4-10-24(19)29-26(33)28-21-12-14-22(15-13-21)30(2)27(34)36-18-20-8-5-9-23(17-20)35-16-6-11-25(31)32/h3-5,7-10,12-15,17H,6,11,16,18H2,1-2H3,(H,31,32)(H2,28,29,33). The minimum absolute atomic E-state index is 0.0429. The Labute approximate surface area is 209 Å². The number of anilines is 3. The molecule has 0 radical (unpaired) electrons. The summed E-state index contributed by atoms with van der Waals surface area (Å²) >= 11 is 0. The largest absolute Gasteiger partial charge is 0.494 e. The molecule has 0 saturated heterocycles. The van der Waals surface area contributed by atoms with Gasteiger partial charge in [-0.05, 0) is 66.9 Å². The minimum atomic E-state index is -0.863. The zero-order valence-corrected chi connectivity index (χ0v) is 20.2. The molecular formula is C27H29N3O6. The van der Waals surface area contributed by atoms with Crippen LogP contribution in [0.3, 0.4) is 0 Å². The SMILES string of the molecule is Cc1ccccc1NC(=O)Nc1ccc(N(C)C(=O)OCc2cccc(OCCCC(=O)O)c2)cc1. The average Bonchev–Trinajstić information content (AvgIpc) is 2.87. The second-order valence-electron chi connectivity index (χ2n) is 8.05. The number of nitrogens with zero attached hydrogens (tertiary/aromatic N) is 1. The van der Waals surface area contributed by atoms with Gasteiger partial charge in [-0.1, -0.05) is 30.3 Å². The fourth-order valence-corrected chi connectivity index (χ4v) is 3.25. The lowest BCUT2D eigenvalue weighted by Crippen LogP contribution is -2.27. The molecule has 0 spiro atoms. The van der Waals surface area contributed by atoms with Crippen molar-refractivity contribution in [3.8, 4) is 5.75 Å². The number of hydrogen-bond donors (Lipinski definition) is 3. The highest BCUT2D eigenvalue weighted by Crippen LogP contribution is 2.20. The average molecular weight is 492 g/mol. The second-order valence-corrected chi connectivity index (χ2v) is 8.05. The van der Waals surface area contributed by atoms with Crippen molar-refractivity contribution in [2.75, 3.05) is 29.2 Å². The molecule has 0 fully saturated rings. The maximum Gasteiger partial charge on any atom is 0.414 e. The van der Waals surface area contributed by atoms with E-state index in [2.05, 4.69) is 10.6 Å². The molecule has 188 valence electrons. The number of urea groups is 1. The first-order valence-electron chi connectivity index (χ1n) is 11.4. The molecule has 9 nitrogen and oxygen atoms in total. The number of ether oxygens (including phenoxy) is 2. The van der Waals surface area contributed by atoms with Crippen LogP contribution in [-0.4, -0.2) is 36.9 Å². The van der Waals surface area contributed by atoms with Crippen molar-refractivity contribution in [3.05, 3.63) is 83.9 Å². The first-order chi connectivity index (χ1) is 17.3. The number of rotatable bonds is 10. The van der Waals surface area contributed by atoms with Crippen LogP contribution in [0.5, 0.6) is 5.75 Å². The van der Waals surface area contributed by atoms with E-state index in [0.717, 1.165) is 16.8 Å². The molecule has 3 aromatic carbocycles. The van der Waals surface area contributed by atoms with Crippen molar-refractivity contribution in [3.63, 3.8) is 0 Å². The Bertz CT molecular complexity index is 1200. The van der Waals surface area contributed by atoms with E-state index in [4.69, 9.17) is 14.6 Å². The number of benzene rings is 3. The molecule has 36 heavy (non-hydrogen) atoms. The topological polar surface area (TPSA) is 117 Å². The van der Waals surface area contributed by atoms with Gasteiger partial charge in [0.1, 0.15) is 12.4 Å². The smallest absolute Gasteiger partial charge is 0.414 e. The Morgan fingerprint density at radius 2 is 1.69 bits per heavy atom. The summed E-state index contributed by atoms with van der Waals surface area (Å²) in [5, 5.41) is 14.2. The van der Waals surface area contributed by atoms with Gasteiger partial charge >= 0.3 is 18.1 Å². The quantitative estimate of drug-likeness (QED) is 0.315. The third-order valence-electron chi connectivity index (χ3n) is 5.24. The summed E-state index contributed by atoms with van der Waals surface area (Å²) in [6, 6.07) is 21.0. The van der Waals surface area contributed by atoms with E-state index < -0.39 is 12.1 Å². The Morgan fingerprint density at radius 3 is 2.42 bits per heavy atom. The third kappa shape index (κ3) is 8.05. The van der Waals surface area contributed by atoms with Gasteiger partial charge < -0.3 is 25.2 Å². The van der Waals surface area contributed by atoms with E-state index >= 15 is 0 Å². The van der Waals surface area contributed by atoms with E-state index in [1.807, 2.05) is 31.2 Å². The molecule has 0 heterocycles. The van der Waals surface area contributed by atoms with Gasteiger partial charge in [0.25, 0.3) is 0 Å². The van der Waals surface area contributed by atoms with Gasteiger partial charge in [0.15, 0.2) is 0 Å². The number of hydrogen-bond acceptors (Lipinski definition) is 5. The summed E-state index contributed by atoms with van der Waals surface area (Å²) in [4.78, 5) is 36.7. The lowest BCUT2D eigenvalue weighted by atomic mass is 10.2. The third-order valence-corrected chi connectivity index (χ3v) is 5.24. The summed E-state index contributed by atoms with van der Waals surface area (Å²) in [5.74, 6) is -0.283. The van der Waals surface area contributed by atoms with Crippen molar-refractivity contribution < 1.29 is 29.0 Å². The molecule has 3 amide bonds. The monoisotopic (exact) mass is 491 g/mol. The van der Waals surface area contributed by atoms with Crippen LogP contribution >= 0.6 is 0 Å². The predicted octanol–water partition coefficient (Wildman–Crippen LogP) is 5.66. The van der Waals surface area contributed by atoms with Crippen LogP contribution in [0.1, 0.15) is 24.0 Å². The zero-order valence-electron chi connectivity index (χ0n) is 20.2. The molecular weight excluding hydrogens is 462 g/mol. The molecule has 3 rings (SSSR count). The molecule has 3 aromatic rings. The molecule has 0 atom stereocenters. The Kier molecular flexibility index (Phi) is 9.27. The molecule has 0 saturated carbocycles. The fourth-order valence-electron chi connectivity index (χ4n) is 3.25. The number of amides is 3. The van der Waals surface area contributed by atoms with Gasteiger partial charge in [0.05, 0.1) is 6.61 Å². The van der Waals surface area contributed by atoms with Crippen LogP contribution < -0.4 is 20.3 Å². The Hall–Kier alpha value is -4.53. The maximum absolute atomic E-state index is 12.5. The van der Waals surface area contributed by atoms with Crippen LogP contribution in [0.4, 0.5) is 26.7 Å². The molecule has 0 aliphatic carbocycles. The van der Waals surface area contributed by atoms with Crippen molar-refractivity contribution in [2.24, 2.45) is 0 Å². The lowest BCUT2D eigenvalue weighted by molar-refractivity contribution is -0.137. The summed E-state index contributed by atoms with van der Waals surface area (Å²) in [6.07, 6.45) is -0.0903. The van der Waals surface area contributed by atoms with Gasteiger partial charge in [0.2, 0.25) is 0 Å². The summed E-state index contributed by atoms with van der Waals surface area (Å²) in [7, 11) is 1.59. The Balaban J connectivity index is 1.48. The van der Waals surface area contributed by atoms with Crippen molar-refractivity contribution >= 4 is 35.2 Å². The number of para-hydroxylation sites is 1. The first-order valence-corrected chi connectivity index (χ1v) is 11.4. The minimum Gasteiger partial charge on any atom is -0.494 e. The van der Waals surface area contributed by atoms with Crippen molar-refractivity contribution in [1.29, 1.82) is 0 Å². The molecule has 9 heteroatoms. The van der Waals surface area contributed by atoms with Gasteiger partial charge in [-0.3, -0.25) is 9.69 Å². The number of aliphatic carboxylic acids is 1.